The molecule has 17 heavy (non-hydrogen) atoms. The first-order valence-corrected chi connectivity index (χ1v) is 6.93. The molecule has 0 N–H and O–H groups in total. The molecule has 0 radical (unpaired) electrons. The molecule has 1 amide bonds. The van der Waals surface area contributed by atoms with Crippen LogP contribution in [0.25, 0.3) is 0 Å². The molecular formula is C15H30NO+. The lowest BCUT2D eigenvalue weighted by Gasteiger charge is -2.21. The van der Waals surface area contributed by atoms with Crippen molar-refractivity contribution in [2.45, 2.75) is 58.3 Å². The second-order valence-electron chi connectivity index (χ2n) is 5.79. The van der Waals surface area contributed by atoms with Gasteiger partial charge in [0.25, 0.3) is 0 Å². The third kappa shape index (κ3) is 8.14. The van der Waals surface area contributed by atoms with Gasteiger partial charge in [-0.25, -0.2) is 4.79 Å². The largest absolute Gasteiger partial charge is 0.340 e. The summed E-state index contributed by atoms with van der Waals surface area (Å²) in [5.74, 6) is 0.163. The highest BCUT2D eigenvalue weighted by Gasteiger charge is 2.22. The van der Waals surface area contributed by atoms with Crippen molar-refractivity contribution in [1.29, 1.82) is 0 Å². The number of carbonyl (C=O) groups excluding carboxylic acids is 1. The Kier molecular flexibility index (Phi) is 8.15. The van der Waals surface area contributed by atoms with Crippen molar-refractivity contribution < 1.29 is 9.28 Å². The third-order valence-corrected chi connectivity index (χ3v) is 2.99. The van der Waals surface area contributed by atoms with E-state index in [0.29, 0.717) is 4.48 Å². The summed E-state index contributed by atoms with van der Waals surface area (Å²) in [7, 11) is 5.70. The molecule has 0 atom stereocenters. The van der Waals surface area contributed by atoms with Crippen molar-refractivity contribution >= 4 is 5.91 Å². The molecule has 100 valence electrons. The Morgan fingerprint density at radius 3 is 1.88 bits per heavy atom. The van der Waals surface area contributed by atoms with Crippen LogP contribution in [0.2, 0.25) is 0 Å². The molecule has 0 rings (SSSR count). The van der Waals surface area contributed by atoms with Gasteiger partial charge in [-0.05, 0) is 12.8 Å². The van der Waals surface area contributed by atoms with E-state index in [1.165, 1.54) is 38.5 Å². The van der Waals surface area contributed by atoms with Crippen LogP contribution in [0.3, 0.4) is 0 Å². The van der Waals surface area contributed by atoms with Crippen LogP contribution in [0.5, 0.6) is 0 Å². The Hall–Kier alpha value is -0.630. The summed E-state index contributed by atoms with van der Waals surface area (Å²) in [4.78, 5) is 11.8. The number of unbranched alkanes of at least 4 members (excludes halogenated alkanes) is 6. The van der Waals surface area contributed by atoms with Gasteiger partial charge in [0.15, 0.2) is 0 Å². The average molecular weight is 240 g/mol. The minimum atomic E-state index is 0.163. The van der Waals surface area contributed by atoms with E-state index >= 15 is 0 Å². The van der Waals surface area contributed by atoms with Gasteiger partial charge in [-0.1, -0.05) is 52.0 Å². The number of nitrogens with zero attached hydrogens (tertiary/aromatic N) is 1. The molecule has 2 heteroatoms. The number of hydrogen-bond donors (Lipinski definition) is 0. The summed E-state index contributed by atoms with van der Waals surface area (Å²) < 4.78 is 0.356. The maximum Gasteiger partial charge on any atom is 0.340 e. The van der Waals surface area contributed by atoms with E-state index < -0.39 is 0 Å². The van der Waals surface area contributed by atoms with Crippen LogP contribution >= 0.6 is 0 Å². The lowest BCUT2D eigenvalue weighted by molar-refractivity contribution is -0.789. The number of quaternary nitrogens is 1. The molecule has 0 aromatic heterocycles. The lowest BCUT2D eigenvalue weighted by Crippen LogP contribution is -2.41. The van der Waals surface area contributed by atoms with Gasteiger partial charge in [0.2, 0.25) is 0 Å². The van der Waals surface area contributed by atoms with E-state index in [2.05, 4.69) is 13.5 Å². The highest BCUT2D eigenvalue weighted by molar-refractivity contribution is 5.86. The van der Waals surface area contributed by atoms with E-state index in [1.807, 2.05) is 21.1 Å². The molecule has 0 saturated carbocycles. The molecule has 0 fully saturated rings. The van der Waals surface area contributed by atoms with Crippen LogP contribution in [-0.2, 0) is 4.79 Å². The summed E-state index contributed by atoms with van der Waals surface area (Å²) in [6.07, 6.45) is 9.85. The zero-order valence-electron chi connectivity index (χ0n) is 12.2. The summed E-state index contributed by atoms with van der Waals surface area (Å²) in [5.41, 5.74) is 0.783. The van der Waals surface area contributed by atoms with Crippen molar-refractivity contribution in [3.05, 3.63) is 12.2 Å². The van der Waals surface area contributed by atoms with Crippen molar-refractivity contribution in [2.75, 3.05) is 21.1 Å². The molecular weight excluding hydrogens is 210 g/mol. The van der Waals surface area contributed by atoms with E-state index in [-0.39, 0.29) is 5.91 Å². The smallest absolute Gasteiger partial charge is 0.264 e. The molecule has 0 heterocycles. The van der Waals surface area contributed by atoms with E-state index in [9.17, 15) is 4.79 Å². The van der Waals surface area contributed by atoms with Crippen molar-refractivity contribution in [3.8, 4) is 0 Å². The standard InChI is InChI=1S/C15H30NO/c1-6-7-8-9-10-11-12-13-14(2)15(17)16(3,4)5/h2,6-13H2,1,3-5H3/q+1. The lowest BCUT2D eigenvalue weighted by atomic mass is 10.0. The van der Waals surface area contributed by atoms with Crippen LogP contribution in [0.4, 0.5) is 0 Å². The molecule has 0 aliphatic rings. The molecule has 0 aromatic rings. The number of carbonyl (C=O) groups is 1. The first kappa shape index (κ1) is 16.4. The normalized spacial score (nSPS) is 11.5. The predicted molar refractivity (Wildman–Crippen MR) is 74.8 cm³/mol. The second kappa shape index (κ2) is 8.46. The Labute approximate surface area is 107 Å². The van der Waals surface area contributed by atoms with Crippen LogP contribution in [0.1, 0.15) is 58.3 Å². The van der Waals surface area contributed by atoms with Gasteiger partial charge < -0.3 is 0 Å². The second-order valence-corrected chi connectivity index (χ2v) is 5.79. The predicted octanol–water partition coefficient (Wildman–Crippen LogP) is 3.92. The summed E-state index contributed by atoms with van der Waals surface area (Å²) in [5, 5.41) is 0. The Balaban J connectivity index is 3.56. The highest BCUT2D eigenvalue weighted by atomic mass is 16.2. The van der Waals surface area contributed by atoms with Crippen molar-refractivity contribution in [2.24, 2.45) is 0 Å². The minimum Gasteiger partial charge on any atom is -0.264 e. The van der Waals surface area contributed by atoms with Gasteiger partial charge >= 0.3 is 5.91 Å². The number of amides is 1. The summed E-state index contributed by atoms with van der Waals surface area (Å²) >= 11 is 0. The third-order valence-electron chi connectivity index (χ3n) is 2.99. The molecule has 0 aromatic carbocycles. The average Bonchev–Trinajstić information content (AvgIpc) is 2.25. The number of likely N-dealkylation sites (N-methyl/N-ethyl adjacent to an activating group) is 1. The topological polar surface area (TPSA) is 17.1 Å². The zero-order chi connectivity index (χ0) is 13.3. The Morgan fingerprint density at radius 1 is 0.941 bits per heavy atom. The number of hydrogen-bond acceptors (Lipinski definition) is 1. The monoisotopic (exact) mass is 240 g/mol. The highest BCUT2D eigenvalue weighted by Crippen LogP contribution is 2.14. The Morgan fingerprint density at radius 2 is 1.41 bits per heavy atom. The van der Waals surface area contributed by atoms with Crippen LogP contribution in [-0.4, -0.2) is 31.5 Å². The van der Waals surface area contributed by atoms with Crippen molar-refractivity contribution in [3.63, 3.8) is 0 Å². The van der Waals surface area contributed by atoms with Crippen LogP contribution < -0.4 is 0 Å². The molecule has 0 saturated heterocycles. The van der Waals surface area contributed by atoms with Crippen molar-refractivity contribution in [1.82, 2.24) is 0 Å². The minimum absolute atomic E-state index is 0.163. The van der Waals surface area contributed by atoms with Crippen LogP contribution in [0, 0.1) is 0 Å². The van der Waals surface area contributed by atoms with E-state index in [1.54, 1.807) is 0 Å². The fourth-order valence-electron chi connectivity index (χ4n) is 1.88. The SMILES string of the molecule is C=C(CCCCCCCCC)C(=O)[N+](C)(C)C. The first-order chi connectivity index (χ1) is 7.89. The fraction of sp³-hybridized carbons (Fsp3) is 0.800. The van der Waals surface area contributed by atoms with Gasteiger partial charge in [0, 0.05) is 5.57 Å². The Bertz CT molecular complexity index is 238. The fourth-order valence-corrected chi connectivity index (χ4v) is 1.88. The summed E-state index contributed by atoms with van der Waals surface area (Å²) in [6.45, 7) is 6.14. The molecule has 0 bridgehead atoms. The molecule has 0 unspecified atom stereocenters. The van der Waals surface area contributed by atoms with E-state index in [0.717, 1.165) is 18.4 Å². The zero-order valence-corrected chi connectivity index (χ0v) is 12.2. The first-order valence-electron chi connectivity index (χ1n) is 6.93. The summed E-state index contributed by atoms with van der Waals surface area (Å²) in [6, 6.07) is 0. The van der Waals surface area contributed by atoms with Gasteiger partial charge in [0.1, 0.15) is 0 Å². The number of rotatable bonds is 9. The quantitative estimate of drug-likeness (QED) is 0.339. The maximum absolute atomic E-state index is 11.8. The molecule has 0 spiro atoms. The van der Waals surface area contributed by atoms with Gasteiger partial charge in [-0.3, -0.25) is 4.48 Å². The van der Waals surface area contributed by atoms with Crippen LogP contribution in [0.15, 0.2) is 12.2 Å². The molecule has 2 nitrogen and oxygen atoms in total. The van der Waals surface area contributed by atoms with Gasteiger partial charge in [-0.2, -0.15) is 0 Å². The maximum atomic E-state index is 11.8. The van der Waals surface area contributed by atoms with Gasteiger partial charge in [-0.15, -0.1) is 0 Å². The van der Waals surface area contributed by atoms with Gasteiger partial charge in [0.05, 0.1) is 21.1 Å². The van der Waals surface area contributed by atoms with E-state index in [4.69, 9.17) is 0 Å². The molecule has 0 aliphatic heterocycles. The molecule has 0 aliphatic carbocycles.